The van der Waals surface area contributed by atoms with Gasteiger partial charge < -0.3 is 4.42 Å². The average Bonchev–Trinajstić information content (AvgIpc) is 3.12. The summed E-state index contributed by atoms with van der Waals surface area (Å²) in [5.74, 6) is 0.0174. The molecule has 0 saturated carbocycles. The summed E-state index contributed by atoms with van der Waals surface area (Å²) in [6, 6.07) is 20.1. The van der Waals surface area contributed by atoms with Crippen LogP contribution in [-0.2, 0) is 10.0 Å². The van der Waals surface area contributed by atoms with E-state index in [2.05, 4.69) is 0 Å². The topological polar surface area (TPSA) is 67.6 Å². The monoisotopic (exact) mass is 393 g/mol. The number of hydrogen-bond donors (Lipinski definition) is 0. The molecular formula is C22H19NO4S. The number of hydrogen-bond acceptors (Lipinski definition) is 4. The zero-order valence-electron chi connectivity index (χ0n) is 15.5. The molecule has 0 atom stereocenters. The molecule has 0 aliphatic heterocycles. The highest BCUT2D eigenvalue weighted by Crippen LogP contribution is 2.29. The van der Waals surface area contributed by atoms with Gasteiger partial charge in [-0.15, -0.1) is 0 Å². The number of anilines is 1. The van der Waals surface area contributed by atoms with Crippen molar-refractivity contribution in [2.45, 2.75) is 6.92 Å². The zero-order valence-corrected chi connectivity index (χ0v) is 16.4. The first-order valence-corrected chi connectivity index (χ1v) is 10.8. The molecule has 6 heteroatoms. The summed E-state index contributed by atoms with van der Waals surface area (Å²) in [6.45, 7) is 2.08. The second-order valence-corrected chi connectivity index (χ2v) is 8.52. The lowest BCUT2D eigenvalue weighted by atomic mass is 10.1. The van der Waals surface area contributed by atoms with Crippen LogP contribution in [0, 0.1) is 0 Å². The van der Waals surface area contributed by atoms with Gasteiger partial charge in [-0.3, -0.25) is 9.10 Å². The van der Waals surface area contributed by atoms with Crippen molar-refractivity contribution in [3.8, 4) is 0 Å². The van der Waals surface area contributed by atoms with Gasteiger partial charge in [-0.1, -0.05) is 30.3 Å². The van der Waals surface area contributed by atoms with Crippen molar-refractivity contribution < 1.29 is 17.6 Å². The third-order valence-electron chi connectivity index (χ3n) is 4.75. The van der Waals surface area contributed by atoms with Gasteiger partial charge in [-0.2, -0.15) is 0 Å². The van der Waals surface area contributed by atoms with E-state index in [1.54, 1.807) is 37.3 Å². The standard InChI is InChI=1S/C22H19NO4S/c1-3-23(28(2,25)26)17-11-8-16(9-12-17)22(24)21-14-19-18-7-5-4-6-15(18)10-13-20(19)27-21/h4-14H,3H2,1-2H3. The largest absolute Gasteiger partial charge is 0.453 e. The number of benzene rings is 3. The van der Waals surface area contributed by atoms with Gasteiger partial charge in [0.2, 0.25) is 15.8 Å². The van der Waals surface area contributed by atoms with Crippen molar-refractivity contribution in [1.29, 1.82) is 0 Å². The van der Waals surface area contributed by atoms with Crippen LogP contribution in [0.3, 0.4) is 0 Å². The molecule has 0 amide bonds. The Labute approximate surface area is 163 Å². The number of rotatable bonds is 5. The molecule has 0 spiro atoms. The Morgan fingerprint density at radius 1 is 0.964 bits per heavy atom. The van der Waals surface area contributed by atoms with Crippen molar-refractivity contribution in [3.63, 3.8) is 0 Å². The van der Waals surface area contributed by atoms with Gasteiger partial charge in [0.1, 0.15) is 5.58 Å². The van der Waals surface area contributed by atoms with Crippen molar-refractivity contribution in [3.05, 3.63) is 78.1 Å². The summed E-state index contributed by atoms with van der Waals surface area (Å²) in [7, 11) is -3.36. The lowest BCUT2D eigenvalue weighted by Gasteiger charge is -2.20. The van der Waals surface area contributed by atoms with E-state index in [1.807, 2.05) is 36.4 Å². The van der Waals surface area contributed by atoms with E-state index in [0.29, 0.717) is 23.4 Å². The highest BCUT2D eigenvalue weighted by Gasteiger charge is 2.18. The van der Waals surface area contributed by atoms with E-state index in [-0.39, 0.29) is 11.5 Å². The summed E-state index contributed by atoms with van der Waals surface area (Å²) >= 11 is 0. The molecule has 0 fully saturated rings. The fourth-order valence-electron chi connectivity index (χ4n) is 3.43. The van der Waals surface area contributed by atoms with E-state index in [0.717, 1.165) is 22.4 Å². The fraction of sp³-hybridized carbons (Fsp3) is 0.136. The summed E-state index contributed by atoms with van der Waals surface area (Å²) in [6.07, 6.45) is 1.16. The van der Waals surface area contributed by atoms with E-state index in [9.17, 15) is 13.2 Å². The van der Waals surface area contributed by atoms with Crippen LogP contribution in [0.5, 0.6) is 0 Å². The zero-order chi connectivity index (χ0) is 19.9. The molecule has 0 aliphatic carbocycles. The molecule has 0 saturated heterocycles. The molecule has 142 valence electrons. The molecule has 0 unspecified atom stereocenters. The molecule has 0 radical (unpaired) electrons. The van der Waals surface area contributed by atoms with Crippen LogP contribution in [-0.4, -0.2) is 27.0 Å². The first kappa shape index (κ1) is 18.3. The van der Waals surface area contributed by atoms with Crippen molar-refractivity contribution >= 4 is 43.2 Å². The number of carbonyl (C=O) groups is 1. The van der Waals surface area contributed by atoms with Gasteiger partial charge in [0.15, 0.2) is 5.76 Å². The molecule has 0 aliphatic rings. The van der Waals surface area contributed by atoms with E-state index < -0.39 is 10.0 Å². The van der Waals surface area contributed by atoms with E-state index >= 15 is 0 Å². The summed E-state index contributed by atoms with van der Waals surface area (Å²) in [5.41, 5.74) is 1.63. The number of carbonyl (C=O) groups excluding carboxylic acids is 1. The second kappa shape index (κ2) is 6.80. The molecule has 1 aromatic heterocycles. The number of sulfonamides is 1. The summed E-state index contributed by atoms with van der Waals surface area (Å²) in [5, 5.41) is 3.01. The SMILES string of the molecule is CCN(c1ccc(C(=O)c2cc3c(ccc4ccccc43)o2)cc1)S(C)(=O)=O. The maximum Gasteiger partial charge on any atom is 0.232 e. The minimum atomic E-state index is -3.36. The molecule has 1 heterocycles. The highest BCUT2D eigenvalue weighted by atomic mass is 32.2. The Kier molecular flexibility index (Phi) is 4.43. The molecule has 4 rings (SSSR count). The quantitative estimate of drug-likeness (QED) is 0.465. The van der Waals surface area contributed by atoms with Crippen molar-refractivity contribution in [2.75, 3.05) is 17.1 Å². The number of ketones is 1. The second-order valence-electron chi connectivity index (χ2n) is 6.61. The normalized spacial score (nSPS) is 11.8. The van der Waals surface area contributed by atoms with Crippen LogP contribution < -0.4 is 4.31 Å². The third kappa shape index (κ3) is 3.16. The Morgan fingerprint density at radius 2 is 1.68 bits per heavy atom. The molecule has 0 N–H and O–H groups in total. The maximum atomic E-state index is 12.9. The Balaban J connectivity index is 1.70. The van der Waals surface area contributed by atoms with Crippen molar-refractivity contribution in [1.82, 2.24) is 0 Å². The van der Waals surface area contributed by atoms with Crippen LogP contribution in [0.4, 0.5) is 5.69 Å². The van der Waals surface area contributed by atoms with Crippen LogP contribution in [0.1, 0.15) is 23.0 Å². The fourth-order valence-corrected chi connectivity index (χ4v) is 4.41. The van der Waals surface area contributed by atoms with Gasteiger partial charge in [0.05, 0.1) is 11.9 Å². The lowest BCUT2D eigenvalue weighted by Crippen LogP contribution is -2.29. The van der Waals surface area contributed by atoms with E-state index in [4.69, 9.17) is 4.42 Å². The van der Waals surface area contributed by atoms with Gasteiger partial charge >= 0.3 is 0 Å². The number of furan rings is 1. The maximum absolute atomic E-state index is 12.9. The molecule has 5 nitrogen and oxygen atoms in total. The summed E-state index contributed by atoms with van der Waals surface area (Å²) in [4.78, 5) is 12.9. The molecule has 4 aromatic rings. The Bertz CT molecular complexity index is 1290. The number of fused-ring (bicyclic) bond motifs is 3. The van der Waals surface area contributed by atoms with Crippen LogP contribution in [0.2, 0.25) is 0 Å². The highest BCUT2D eigenvalue weighted by molar-refractivity contribution is 7.92. The molecule has 28 heavy (non-hydrogen) atoms. The predicted octanol–water partition coefficient (Wildman–Crippen LogP) is 4.60. The van der Waals surface area contributed by atoms with Crippen LogP contribution in [0.25, 0.3) is 21.7 Å². The summed E-state index contributed by atoms with van der Waals surface area (Å²) < 4.78 is 30.8. The van der Waals surface area contributed by atoms with Crippen molar-refractivity contribution in [2.24, 2.45) is 0 Å². The molecule has 3 aromatic carbocycles. The van der Waals surface area contributed by atoms with Crippen LogP contribution >= 0.6 is 0 Å². The first-order chi connectivity index (χ1) is 13.4. The predicted molar refractivity (Wildman–Crippen MR) is 111 cm³/mol. The smallest absolute Gasteiger partial charge is 0.232 e. The van der Waals surface area contributed by atoms with E-state index in [1.165, 1.54) is 4.31 Å². The van der Waals surface area contributed by atoms with Crippen LogP contribution in [0.15, 0.2) is 71.1 Å². The molecular weight excluding hydrogens is 374 g/mol. The third-order valence-corrected chi connectivity index (χ3v) is 6.02. The minimum Gasteiger partial charge on any atom is -0.453 e. The Hall–Kier alpha value is -3.12. The lowest BCUT2D eigenvalue weighted by molar-refractivity contribution is 0.101. The van der Waals surface area contributed by atoms with Gasteiger partial charge in [0.25, 0.3) is 0 Å². The Morgan fingerprint density at radius 3 is 2.36 bits per heavy atom. The number of nitrogens with zero attached hydrogens (tertiary/aromatic N) is 1. The van der Waals surface area contributed by atoms with Gasteiger partial charge in [0, 0.05) is 17.5 Å². The first-order valence-electron chi connectivity index (χ1n) is 8.92. The van der Waals surface area contributed by atoms with Gasteiger partial charge in [-0.05, 0) is 54.1 Å². The average molecular weight is 393 g/mol. The van der Waals surface area contributed by atoms with Gasteiger partial charge in [-0.25, -0.2) is 8.42 Å². The minimum absolute atomic E-state index is 0.241. The molecule has 0 bridgehead atoms.